The number of rotatable bonds is 7. The third-order valence-electron chi connectivity index (χ3n) is 4.86. The molecule has 156 valence electrons. The molecule has 1 fully saturated rings. The number of ether oxygens (including phenoxy) is 2. The molecule has 1 N–H and O–H groups in total. The van der Waals surface area contributed by atoms with Crippen molar-refractivity contribution in [3.63, 3.8) is 0 Å². The van der Waals surface area contributed by atoms with Crippen LogP contribution in [0.5, 0.6) is 5.75 Å². The quantitative estimate of drug-likeness (QED) is 0.244. The van der Waals surface area contributed by atoms with Gasteiger partial charge in [0, 0.05) is 31.4 Å². The van der Waals surface area contributed by atoms with E-state index in [9.17, 15) is 24.8 Å². The molecule has 1 heterocycles. The minimum absolute atomic E-state index is 0.0878. The smallest absolute Gasteiger partial charge is 0.295 e. The Morgan fingerprint density at radius 1 is 1.10 bits per heavy atom. The van der Waals surface area contributed by atoms with Gasteiger partial charge in [0.15, 0.2) is 0 Å². The van der Waals surface area contributed by atoms with E-state index in [1.807, 2.05) is 0 Å². The fourth-order valence-corrected chi connectivity index (χ4v) is 3.33. The first kappa shape index (κ1) is 21.0. The molecule has 1 amide bonds. The number of carbonyl (C=O) groups is 2. The van der Waals surface area contributed by atoms with Gasteiger partial charge < -0.3 is 19.5 Å². The topological polar surface area (TPSA) is 119 Å². The Morgan fingerprint density at radius 2 is 1.73 bits per heavy atom. The number of nitro benzene ring substituents is 1. The van der Waals surface area contributed by atoms with Crippen LogP contribution in [0.4, 0.5) is 5.69 Å². The first-order valence-corrected chi connectivity index (χ1v) is 9.05. The zero-order valence-corrected chi connectivity index (χ0v) is 16.4. The lowest BCUT2D eigenvalue weighted by Crippen LogP contribution is -2.32. The summed E-state index contributed by atoms with van der Waals surface area (Å²) >= 11 is 0. The highest BCUT2D eigenvalue weighted by Crippen LogP contribution is 2.39. The fraction of sp³-hybridized carbons (Fsp3) is 0.238. The maximum absolute atomic E-state index is 12.8. The summed E-state index contributed by atoms with van der Waals surface area (Å²) < 4.78 is 10.2. The Hall–Kier alpha value is -3.72. The Kier molecular flexibility index (Phi) is 6.12. The number of nitro groups is 1. The van der Waals surface area contributed by atoms with Crippen molar-refractivity contribution < 1.29 is 29.1 Å². The molecule has 1 aliphatic heterocycles. The summed E-state index contributed by atoms with van der Waals surface area (Å²) in [6.07, 6.45) is 0. The molecule has 1 saturated heterocycles. The van der Waals surface area contributed by atoms with E-state index in [2.05, 4.69) is 0 Å². The normalized spacial score (nSPS) is 17.9. The van der Waals surface area contributed by atoms with Crippen molar-refractivity contribution in [1.29, 1.82) is 0 Å². The summed E-state index contributed by atoms with van der Waals surface area (Å²) in [5, 5.41) is 21.7. The van der Waals surface area contributed by atoms with Gasteiger partial charge in [0.25, 0.3) is 17.4 Å². The molecule has 30 heavy (non-hydrogen) atoms. The van der Waals surface area contributed by atoms with Crippen molar-refractivity contribution >= 4 is 23.1 Å². The maximum Gasteiger partial charge on any atom is 0.295 e. The van der Waals surface area contributed by atoms with Gasteiger partial charge in [-0.05, 0) is 29.8 Å². The molecule has 0 aromatic heterocycles. The van der Waals surface area contributed by atoms with Crippen LogP contribution in [0.25, 0.3) is 5.76 Å². The van der Waals surface area contributed by atoms with Crippen molar-refractivity contribution in [3.8, 4) is 5.75 Å². The Bertz CT molecular complexity index is 997. The fourth-order valence-electron chi connectivity index (χ4n) is 3.33. The van der Waals surface area contributed by atoms with E-state index in [4.69, 9.17) is 9.47 Å². The molecule has 0 radical (unpaired) electrons. The number of likely N-dealkylation sites (tertiary alicyclic amines) is 1. The number of carbonyl (C=O) groups excluding carboxylic acids is 2. The van der Waals surface area contributed by atoms with E-state index in [0.717, 1.165) is 0 Å². The second kappa shape index (κ2) is 8.75. The van der Waals surface area contributed by atoms with Crippen molar-refractivity contribution in [2.24, 2.45) is 0 Å². The number of hydrogen-bond acceptors (Lipinski definition) is 7. The summed E-state index contributed by atoms with van der Waals surface area (Å²) in [5.74, 6) is -1.38. The summed E-state index contributed by atoms with van der Waals surface area (Å²) in [4.78, 5) is 37.1. The molecule has 2 aromatic carbocycles. The van der Waals surface area contributed by atoms with Gasteiger partial charge in [0.2, 0.25) is 0 Å². The number of benzene rings is 2. The molecule has 1 aliphatic rings. The number of hydrogen-bond donors (Lipinski definition) is 1. The molecule has 0 spiro atoms. The molecule has 0 aliphatic carbocycles. The molecule has 9 heteroatoms. The molecule has 1 unspecified atom stereocenters. The van der Waals surface area contributed by atoms with Crippen molar-refractivity contribution in [2.75, 3.05) is 27.4 Å². The van der Waals surface area contributed by atoms with Crippen LogP contribution in [-0.4, -0.2) is 54.0 Å². The van der Waals surface area contributed by atoms with Gasteiger partial charge in [-0.2, -0.15) is 0 Å². The van der Waals surface area contributed by atoms with Crippen LogP contribution in [0.15, 0.2) is 54.1 Å². The molecule has 9 nitrogen and oxygen atoms in total. The number of amides is 1. The summed E-state index contributed by atoms with van der Waals surface area (Å²) in [7, 11) is 3.00. The van der Waals surface area contributed by atoms with Gasteiger partial charge in [-0.3, -0.25) is 19.7 Å². The minimum Gasteiger partial charge on any atom is -0.507 e. The Balaban J connectivity index is 2.12. The second-order valence-corrected chi connectivity index (χ2v) is 6.56. The lowest BCUT2D eigenvalue weighted by Gasteiger charge is -2.25. The Morgan fingerprint density at radius 3 is 2.27 bits per heavy atom. The zero-order valence-electron chi connectivity index (χ0n) is 16.4. The van der Waals surface area contributed by atoms with E-state index in [-0.39, 0.29) is 30.0 Å². The molecule has 0 bridgehead atoms. The monoisotopic (exact) mass is 412 g/mol. The van der Waals surface area contributed by atoms with E-state index >= 15 is 0 Å². The highest BCUT2D eigenvalue weighted by Gasteiger charge is 2.45. The SMILES string of the molecule is COCCN1C(=O)C(=O)/C(=C(\O)c2ccc([N+](=O)[O-])cc2)C1c1ccc(OC)cc1. The average molecular weight is 412 g/mol. The molecular weight excluding hydrogens is 392 g/mol. The number of nitrogens with zero attached hydrogens (tertiary/aromatic N) is 2. The van der Waals surface area contributed by atoms with Crippen molar-refractivity contribution in [3.05, 3.63) is 75.3 Å². The molecule has 1 atom stereocenters. The van der Waals surface area contributed by atoms with Crippen molar-refractivity contribution in [1.82, 2.24) is 4.90 Å². The van der Waals surface area contributed by atoms with E-state index in [1.165, 1.54) is 43.4 Å². The minimum atomic E-state index is -0.832. The third-order valence-corrected chi connectivity index (χ3v) is 4.86. The van der Waals surface area contributed by atoms with Crippen molar-refractivity contribution in [2.45, 2.75) is 6.04 Å². The highest BCUT2D eigenvalue weighted by atomic mass is 16.6. The number of Topliss-reactive ketones (excluding diaryl/α,β-unsaturated/α-hetero) is 1. The largest absolute Gasteiger partial charge is 0.507 e. The molecular formula is C21H20N2O7. The summed E-state index contributed by atoms with van der Waals surface area (Å²) in [5.41, 5.74) is 0.562. The second-order valence-electron chi connectivity index (χ2n) is 6.56. The lowest BCUT2D eigenvalue weighted by molar-refractivity contribution is -0.384. The number of methoxy groups -OCH3 is 2. The standard InChI is InChI=1S/C21H20N2O7/c1-29-12-11-22-18(13-5-9-16(30-2)10-6-13)17(20(25)21(22)26)19(24)14-3-7-15(8-4-14)23(27)28/h3-10,18,24H,11-12H2,1-2H3/b19-17-. The van der Waals surface area contributed by atoms with E-state index in [0.29, 0.717) is 11.3 Å². The first-order chi connectivity index (χ1) is 14.4. The van der Waals surface area contributed by atoms with E-state index < -0.39 is 28.4 Å². The summed E-state index contributed by atoms with van der Waals surface area (Å²) in [6.45, 7) is 0.353. The molecule has 2 aromatic rings. The van der Waals surface area contributed by atoms with Crippen LogP contribution < -0.4 is 4.74 Å². The molecule has 3 rings (SSSR count). The van der Waals surface area contributed by atoms with Crippen LogP contribution in [0.3, 0.4) is 0 Å². The van der Waals surface area contributed by atoms with Gasteiger partial charge >= 0.3 is 0 Å². The predicted molar refractivity (Wildman–Crippen MR) is 107 cm³/mol. The lowest BCUT2D eigenvalue weighted by atomic mass is 9.95. The number of aliphatic hydroxyl groups excluding tert-OH is 1. The van der Waals surface area contributed by atoms with E-state index in [1.54, 1.807) is 24.3 Å². The van der Waals surface area contributed by atoms with Crippen LogP contribution in [0.1, 0.15) is 17.2 Å². The summed E-state index contributed by atoms with van der Waals surface area (Å²) in [6, 6.07) is 11.1. The number of aliphatic hydroxyl groups is 1. The van der Waals surface area contributed by atoms with Gasteiger partial charge in [-0.1, -0.05) is 12.1 Å². The first-order valence-electron chi connectivity index (χ1n) is 9.05. The predicted octanol–water partition coefficient (Wildman–Crippen LogP) is 2.67. The average Bonchev–Trinajstić information content (AvgIpc) is 3.02. The third kappa shape index (κ3) is 3.87. The van der Waals surface area contributed by atoms with Gasteiger partial charge in [-0.25, -0.2) is 0 Å². The molecule has 0 saturated carbocycles. The van der Waals surface area contributed by atoms with Gasteiger partial charge in [-0.15, -0.1) is 0 Å². The Labute approximate surface area is 172 Å². The number of non-ortho nitro benzene ring substituents is 1. The maximum atomic E-state index is 12.8. The van der Waals surface area contributed by atoms with Crippen LogP contribution in [-0.2, 0) is 14.3 Å². The van der Waals surface area contributed by atoms with Crippen LogP contribution in [0, 0.1) is 10.1 Å². The van der Waals surface area contributed by atoms with Gasteiger partial charge in [0.05, 0.1) is 30.3 Å². The van der Waals surface area contributed by atoms with Crippen LogP contribution >= 0.6 is 0 Å². The van der Waals surface area contributed by atoms with Gasteiger partial charge in [0.1, 0.15) is 11.5 Å². The number of ketones is 1. The van der Waals surface area contributed by atoms with Crippen LogP contribution in [0.2, 0.25) is 0 Å². The zero-order chi connectivity index (χ0) is 21.8. The highest BCUT2D eigenvalue weighted by molar-refractivity contribution is 6.46.